The van der Waals surface area contributed by atoms with Crippen molar-refractivity contribution in [3.63, 3.8) is 0 Å². The normalized spacial score (nSPS) is 18.4. The third-order valence-corrected chi connectivity index (χ3v) is 4.68. The minimum Gasteiger partial charge on any atom is -0.490 e. The van der Waals surface area contributed by atoms with E-state index in [1.54, 1.807) is 0 Å². The summed E-state index contributed by atoms with van der Waals surface area (Å²) in [5.41, 5.74) is 1.65. The van der Waals surface area contributed by atoms with Crippen molar-refractivity contribution in [3.05, 3.63) is 29.3 Å². The highest BCUT2D eigenvalue weighted by molar-refractivity contribution is 6.08. The van der Waals surface area contributed by atoms with E-state index in [-0.39, 0.29) is 24.1 Å². The number of carbonyl (C=O) groups is 2. The highest BCUT2D eigenvalue weighted by atomic mass is 16.5. The van der Waals surface area contributed by atoms with Crippen LogP contribution in [0.1, 0.15) is 67.3 Å². The molecule has 3 heteroatoms. The molecular formula is C19H24O3. The standard InChI is InChI=1S/C19H24O3/c1-13-6-9-15(11-19(13)22-17-4-2-3-5-17)18(21)12-16(20)10-14-7-8-14/h6,9,11,14,17H,2-5,7-8,10,12H2,1H3. The minimum absolute atomic E-state index is 0.0302. The summed E-state index contributed by atoms with van der Waals surface area (Å²) in [4.78, 5) is 24.1. The molecule has 22 heavy (non-hydrogen) atoms. The van der Waals surface area contributed by atoms with E-state index in [1.807, 2.05) is 25.1 Å². The van der Waals surface area contributed by atoms with Crippen molar-refractivity contribution in [2.24, 2.45) is 5.92 Å². The van der Waals surface area contributed by atoms with E-state index in [4.69, 9.17) is 4.74 Å². The summed E-state index contributed by atoms with van der Waals surface area (Å²) in [6, 6.07) is 5.55. The van der Waals surface area contributed by atoms with Crippen LogP contribution in [-0.2, 0) is 4.79 Å². The number of Topliss-reactive ketones (excluding diaryl/α,β-unsaturated/α-hetero) is 2. The Bertz CT molecular complexity index is 566. The molecule has 2 saturated carbocycles. The number of ketones is 2. The molecule has 0 atom stereocenters. The number of benzene rings is 1. The number of ether oxygens (including phenoxy) is 1. The molecule has 0 radical (unpaired) electrons. The third kappa shape index (κ3) is 3.96. The first-order valence-electron chi connectivity index (χ1n) is 8.44. The van der Waals surface area contributed by atoms with Crippen LogP contribution >= 0.6 is 0 Å². The van der Waals surface area contributed by atoms with E-state index < -0.39 is 0 Å². The van der Waals surface area contributed by atoms with Crippen molar-refractivity contribution in [1.82, 2.24) is 0 Å². The fraction of sp³-hybridized carbons (Fsp3) is 0.579. The van der Waals surface area contributed by atoms with Gasteiger partial charge in [0.05, 0.1) is 12.5 Å². The van der Waals surface area contributed by atoms with Gasteiger partial charge in [-0.15, -0.1) is 0 Å². The van der Waals surface area contributed by atoms with Gasteiger partial charge in [-0.25, -0.2) is 0 Å². The second-order valence-electron chi connectivity index (χ2n) is 6.79. The number of rotatable bonds is 7. The van der Waals surface area contributed by atoms with Gasteiger partial charge in [-0.1, -0.05) is 12.1 Å². The molecule has 118 valence electrons. The van der Waals surface area contributed by atoms with Gasteiger partial charge in [-0.3, -0.25) is 9.59 Å². The van der Waals surface area contributed by atoms with Gasteiger partial charge in [0.2, 0.25) is 0 Å². The summed E-state index contributed by atoms with van der Waals surface area (Å²) in [6.45, 7) is 2.00. The van der Waals surface area contributed by atoms with Gasteiger partial charge in [0, 0.05) is 12.0 Å². The topological polar surface area (TPSA) is 43.4 Å². The maximum absolute atomic E-state index is 12.3. The van der Waals surface area contributed by atoms with Crippen molar-refractivity contribution in [3.8, 4) is 5.75 Å². The van der Waals surface area contributed by atoms with Crippen molar-refractivity contribution in [2.75, 3.05) is 0 Å². The molecule has 0 saturated heterocycles. The van der Waals surface area contributed by atoms with E-state index >= 15 is 0 Å². The van der Waals surface area contributed by atoms with Gasteiger partial charge in [0.25, 0.3) is 0 Å². The number of carbonyl (C=O) groups excluding carboxylic acids is 2. The van der Waals surface area contributed by atoms with E-state index in [9.17, 15) is 9.59 Å². The van der Waals surface area contributed by atoms with E-state index in [2.05, 4.69) is 0 Å². The fourth-order valence-electron chi connectivity index (χ4n) is 3.08. The summed E-state index contributed by atoms with van der Waals surface area (Å²) in [5, 5.41) is 0. The van der Waals surface area contributed by atoms with Crippen molar-refractivity contribution >= 4 is 11.6 Å². The lowest BCUT2D eigenvalue weighted by atomic mass is 10.0. The van der Waals surface area contributed by atoms with Crippen molar-refractivity contribution < 1.29 is 14.3 Å². The summed E-state index contributed by atoms with van der Waals surface area (Å²) in [6.07, 6.45) is 7.80. The van der Waals surface area contributed by atoms with Crippen LogP contribution in [-0.4, -0.2) is 17.7 Å². The van der Waals surface area contributed by atoms with Crippen molar-refractivity contribution in [1.29, 1.82) is 0 Å². The molecule has 0 unspecified atom stereocenters. The average molecular weight is 300 g/mol. The molecule has 0 spiro atoms. The highest BCUT2D eigenvalue weighted by Gasteiger charge is 2.25. The summed E-state index contributed by atoms with van der Waals surface area (Å²) in [7, 11) is 0. The molecule has 1 aromatic carbocycles. The van der Waals surface area contributed by atoms with Crippen LogP contribution in [0, 0.1) is 12.8 Å². The zero-order valence-corrected chi connectivity index (χ0v) is 13.3. The van der Waals surface area contributed by atoms with Gasteiger partial charge in [-0.2, -0.15) is 0 Å². The first-order valence-corrected chi connectivity index (χ1v) is 8.44. The maximum Gasteiger partial charge on any atom is 0.170 e. The van der Waals surface area contributed by atoms with Gasteiger partial charge in [-0.05, 0) is 63.0 Å². The minimum atomic E-state index is -0.0816. The lowest BCUT2D eigenvalue weighted by molar-refractivity contribution is -0.118. The average Bonchev–Trinajstić information content (AvgIpc) is 3.14. The lowest BCUT2D eigenvalue weighted by Gasteiger charge is -2.16. The fourth-order valence-corrected chi connectivity index (χ4v) is 3.08. The summed E-state index contributed by atoms with van der Waals surface area (Å²) in [5.74, 6) is 1.33. The van der Waals surface area contributed by atoms with Crippen LogP contribution in [0.4, 0.5) is 0 Å². The zero-order valence-electron chi connectivity index (χ0n) is 13.3. The highest BCUT2D eigenvalue weighted by Crippen LogP contribution is 2.33. The molecule has 3 rings (SSSR count). The zero-order chi connectivity index (χ0) is 15.5. The van der Waals surface area contributed by atoms with E-state index in [0.717, 1.165) is 37.0 Å². The Kier molecular flexibility index (Phi) is 4.60. The second kappa shape index (κ2) is 6.64. The third-order valence-electron chi connectivity index (χ3n) is 4.68. The molecule has 1 aromatic rings. The summed E-state index contributed by atoms with van der Waals surface area (Å²) >= 11 is 0. The second-order valence-corrected chi connectivity index (χ2v) is 6.79. The number of hydrogen-bond donors (Lipinski definition) is 0. The van der Waals surface area contributed by atoms with Crippen LogP contribution in [0.25, 0.3) is 0 Å². The molecule has 0 aliphatic heterocycles. The van der Waals surface area contributed by atoms with E-state index in [0.29, 0.717) is 17.9 Å². The molecule has 2 aliphatic rings. The Hall–Kier alpha value is -1.64. The Labute approximate surface area is 132 Å². The van der Waals surface area contributed by atoms with Crippen LogP contribution in [0.5, 0.6) is 5.75 Å². The smallest absolute Gasteiger partial charge is 0.170 e. The molecule has 3 nitrogen and oxygen atoms in total. The molecule has 0 aromatic heterocycles. The predicted octanol–water partition coefficient (Wildman–Crippen LogP) is 4.26. The predicted molar refractivity (Wildman–Crippen MR) is 85.4 cm³/mol. The van der Waals surface area contributed by atoms with Crippen LogP contribution in [0.2, 0.25) is 0 Å². The molecule has 2 fully saturated rings. The first-order chi connectivity index (χ1) is 10.6. The number of aryl methyl sites for hydroxylation is 1. The molecule has 0 N–H and O–H groups in total. The Morgan fingerprint density at radius 2 is 1.86 bits per heavy atom. The van der Waals surface area contributed by atoms with Gasteiger partial charge >= 0.3 is 0 Å². The molecule has 0 heterocycles. The lowest BCUT2D eigenvalue weighted by Crippen LogP contribution is -2.13. The first kappa shape index (κ1) is 15.3. The summed E-state index contributed by atoms with van der Waals surface area (Å²) < 4.78 is 6.04. The molecular weight excluding hydrogens is 276 g/mol. The van der Waals surface area contributed by atoms with E-state index in [1.165, 1.54) is 12.8 Å². The van der Waals surface area contributed by atoms with Crippen LogP contribution in [0.15, 0.2) is 18.2 Å². The Morgan fingerprint density at radius 3 is 2.55 bits per heavy atom. The van der Waals surface area contributed by atoms with Crippen LogP contribution in [0.3, 0.4) is 0 Å². The quantitative estimate of drug-likeness (QED) is 0.558. The van der Waals surface area contributed by atoms with Crippen LogP contribution < -0.4 is 4.74 Å². The Morgan fingerprint density at radius 1 is 1.14 bits per heavy atom. The molecule has 0 amide bonds. The maximum atomic E-state index is 12.3. The molecule has 0 bridgehead atoms. The van der Waals surface area contributed by atoms with Gasteiger partial charge < -0.3 is 4.74 Å². The van der Waals surface area contributed by atoms with Gasteiger partial charge in [0.1, 0.15) is 11.5 Å². The van der Waals surface area contributed by atoms with Gasteiger partial charge in [0.15, 0.2) is 5.78 Å². The SMILES string of the molecule is Cc1ccc(C(=O)CC(=O)CC2CC2)cc1OC1CCCC1. The molecule has 2 aliphatic carbocycles. The monoisotopic (exact) mass is 300 g/mol. The van der Waals surface area contributed by atoms with Crippen molar-refractivity contribution in [2.45, 2.75) is 64.4 Å². The Balaban J connectivity index is 1.64. The number of hydrogen-bond acceptors (Lipinski definition) is 3. The largest absolute Gasteiger partial charge is 0.490 e.